The molecule has 1 aliphatic heterocycles. The SMILES string of the molecule is Cc1ccc(S(=O)(=O)N2CCC[C@@H](Nc3ncc4nc(Nc5c(Cl)cc(F)cc5Cl)n([C@H]5CC[C@@H](C(N)=O)CC5)c4n3)C2)cc1. The van der Waals surface area contributed by atoms with E-state index in [1.165, 1.54) is 4.31 Å². The Hall–Kier alpha value is -3.52. The number of fused-ring (bicyclic) bond motifs is 1. The van der Waals surface area contributed by atoms with Crippen molar-refractivity contribution < 1.29 is 17.6 Å². The Morgan fingerprint density at radius 3 is 2.40 bits per heavy atom. The van der Waals surface area contributed by atoms with Gasteiger partial charge in [0.2, 0.25) is 27.8 Å². The van der Waals surface area contributed by atoms with Gasteiger partial charge in [-0.2, -0.15) is 9.29 Å². The summed E-state index contributed by atoms with van der Waals surface area (Å²) in [6.45, 7) is 2.61. The van der Waals surface area contributed by atoms with Gasteiger partial charge >= 0.3 is 0 Å². The molecule has 0 bridgehead atoms. The number of primary amides is 1. The number of aromatic nitrogens is 4. The third kappa shape index (κ3) is 6.57. The van der Waals surface area contributed by atoms with Gasteiger partial charge in [-0.25, -0.2) is 22.8 Å². The summed E-state index contributed by atoms with van der Waals surface area (Å²) in [6, 6.07) is 8.88. The number of hydrogen-bond donors (Lipinski definition) is 3. The van der Waals surface area contributed by atoms with Crippen LogP contribution in [0.25, 0.3) is 11.2 Å². The highest BCUT2D eigenvalue weighted by Crippen LogP contribution is 2.39. The Bertz CT molecular complexity index is 1820. The van der Waals surface area contributed by atoms with Crippen molar-refractivity contribution in [2.45, 2.75) is 62.4 Å². The molecule has 1 atom stereocenters. The van der Waals surface area contributed by atoms with Gasteiger partial charge in [0, 0.05) is 31.1 Å². The van der Waals surface area contributed by atoms with Crippen molar-refractivity contribution in [3.8, 4) is 0 Å². The molecular formula is C30H33Cl2FN8O3S. The maximum absolute atomic E-state index is 13.9. The third-order valence-electron chi connectivity index (χ3n) is 8.52. The van der Waals surface area contributed by atoms with E-state index in [-0.39, 0.29) is 45.4 Å². The summed E-state index contributed by atoms with van der Waals surface area (Å²) in [7, 11) is -3.65. The fraction of sp³-hybridized carbons (Fsp3) is 0.400. The lowest BCUT2D eigenvalue weighted by Gasteiger charge is -2.32. The van der Waals surface area contributed by atoms with Crippen LogP contribution in [0, 0.1) is 18.7 Å². The van der Waals surface area contributed by atoms with Crippen LogP contribution in [0.15, 0.2) is 47.5 Å². The Kier molecular flexibility index (Phi) is 8.88. The molecule has 0 radical (unpaired) electrons. The minimum Gasteiger partial charge on any atom is -0.369 e. The van der Waals surface area contributed by atoms with E-state index in [1.54, 1.807) is 30.5 Å². The number of nitrogens with one attached hydrogen (secondary N) is 2. The number of imidazole rings is 1. The second-order valence-electron chi connectivity index (χ2n) is 11.6. The molecule has 11 nitrogen and oxygen atoms in total. The Morgan fingerprint density at radius 2 is 1.73 bits per heavy atom. The number of aryl methyl sites for hydroxylation is 1. The molecule has 4 aromatic rings. The van der Waals surface area contributed by atoms with Gasteiger partial charge in [-0.1, -0.05) is 40.9 Å². The smallest absolute Gasteiger partial charge is 0.243 e. The van der Waals surface area contributed by atoms with Gasteiger partial charge in [-0.15, -0.1) is 0 Å². The largest absolute Gasteiger partial charge is 0.369 e. The summed E-state index contributed by atoms with van der Waals surface area (Å²) in [5, 5.41) is 6.68. The van der Waals surface area contributed by atoms with Gasteiger partial charge < -0.3 is 16.4 Å². The number of benzene rings is 2. The predicted octanol–water partition coefficient (Wildman–Crippen LogP) is 5.81. The molecule has 2 aromatic heterocycles. The molecule has 1 saturated heterocycles. The number of anilines is 3. The predicted molar refractivity (Wildman–Crippen MR) is 172 cm³/mol. The molecule has 0 spiro atoms. The standard InChI is InChI=1S/C30H33Cl2FN8O3S/c1-17-4-10-22(11-5-17)45(43,44)40-12-2-3-20(16-40)36-29-35-15-25-28(39-29)41(21-8-6-18(7-9-21)27(34)42)30(37-25)38-26-23(31)13-19(33)14-24(26)32/h4-5,10-11,13-15,18,20-21H,2-3,6-9,12,16H2,1H3,(H2,34,42)(H,37,38)(H,35,36,39)/t18-,20-,21+/m1/s1. The van der Waals surface area contributed by atoms with Crippen LogP contribution in [0.2, 0.25) is 10.0 Å². The van der Waals surface area contributed by atoms with Crippen LogP contribution in [0.4, 0.5) is 22.0 Å². The first kappa shape index (κ1) is 31.5. The molecule has 2 fully saturated rings. The second-order valence-corrected chi connectivity index (χ2v) is 14.4. The summed E-state index contributed by atoms with van der Waals surface area (Å²) in [5.74, 6) is -0.359. The number of nitrogens with zero attached hydrogens (tertiary/aromatic N) is 5. The lowest BCUT2D eigenvalue weighted by Crippen LogP contribution is -2.45. The van der Waals surface area contributed by atoms with E-state index >= 15 is 0 Å². The van der Waals surface area contributed by atoms with Crippen molar-refractivity contribution in [2.75, 3.05) is 23.7 Å². The van der Waals surface area contributed by atoms with Crippen LogP contribution in [-0.2, 0) is 14.8 Å². The van der Waals surface area contributed by atoms with Crippen LogP contribution < -0.4 is 16.4 Å². The van der Waals surface area contributed by atoms with Crippen molar-refractivity contribution in [1.82, 2.24) is 23.8 Å². The molecule has 1 saturated carbocycles. The molecule has 4 N–H and O–H groups in total. The number of amides is 1. The number of hydrogen-bond acceptors (Lipinski definition) is 8. The lowest BCUT2D eigenvalue weighted by molar-refractivity contribution is -0.122. The van der Waals surface area contributed by atoms with Crippen molar-refractivity contribution >= 4 is 67.9 Å². The molecule has 1 aliphatic carbocycles. The molecule has 6 rings (SSSR count). The first-order valence-electron chi connectivity index (χ1n) is 14.8. The minimum absolute atomic E-state index is 0.0846. The van der Waals surface area contributed by atoms with Crippen LogP contribution in [0.5, 0.6) is 0 Å². The first-order valence-corrected chi connectivity index (χ1v) is 17.0. The van der Waals surface area contributed by atoms with Gasteiger partial charge in [0.25, 0.3) is 0 Å². The summed E-state index contributed by atoms with van der Waals surface area (Å²) >= 11 is 12.7. The zero-order valence-electron chi connectivity index (χ0n) is 24.5. The molecule has 0 unspecified atom stereocenters. The minimum atomic E-state index is -3.65. The van der Waals surface area contributed by atoms with Crippen molar-refractivity contribution in [3.63, 3.8) is 0 Å². The number of carbonyl (C=O) groups excluding carboxylic acids is 1. The zero-order valence-corrected chi connectivity index (χ0v) is 26.8. The average Bonchev–Trinajstić information content (AvgIpc) is 3.36. The van der Waals surface area contributed by atoms with Gasteiger partial charge in [-0.05, 0) is 69.7 Å². The normalized spacial score (nSPS) is 21.1. The summed E-state index contributed by atoms with van der Waals surface area (Å²) in [5.41, 5.74) is 7.90. The van der Waals surface area contributed by atoms with Crippen molar-refractivity contribution in [2.24, 2.45) is 11.7 Å². The van der Waals surface area contributed by atoms with Gasteiger partial charge in [0.15, 0.2) is 5.65 Å². The molecule has 2 aliphatic rings. The number of sulfonamides is 1. The highest BCUT2D eigenvalue weighted by Gasteiger charge is 2.32. The molecule has 15 heteroatoms. The van der Waals surface area contributed by atoms with Crippen LogP contribution in [0.1, 0.15) is 50.1 Å². The summed E-state index contributed by atoms with van der Waals surface area (Å²) < 4.78 is 44.0. The number of rotatable bonds is 8. The van der Waals surface area contributed by atoms with E-state index in [1.807, 2.05) is 11.5 Å². The number of carbonyl (C=O) groups is 1. The fourth-order valence-corrected chi connectivity index (χ4v) is 8.19. The maximum atomic E-state index is 13.9. The van der Waals surface area contributed by atoms with Crippen LogP contribution in [0.3, 0.4) is 0 Å². The zero-order chi connectivity index (χ0) is 31.9. The fourth-order valence-electron chi connectivity index (χ4n) is 6.11. The van der Waals surface area contributed by atoms with E-state index < -0.39 is 15.8 Å². The summed E-state index contributed by atoms with van der Waals surface area (Å²) in [4.78, 5) is 26.1. The maximum Gasteiger partial charge on any atom is 0.243 e. The topological polar surface area (TPSA) is 148 Å². The third-order valence-corrected chi connectivity index (χ3v) is 11.0. The van der Waals surface area contributed by atoms with E-state index in [4.69, 9.17) is 38.9 Å². The van der Waals surface area contributed by atoms with E-state index in [2.05, 4.69) is 15.6 Å². The van der Waals surface area contributed by atoms with Gasteiger partial charge in [-0.3, -0.25) is 9.36 Å². The van der Waals surface area contributed by atoms with Crippen molar-refractivity contribution in [3.05, 3.63) is 64.0 Å². The van der Waals surface area contributed by atoms with Crippen LogP contribution in [-0.4, -0.2) is 57.3 Å². The highest BCUT2D eigenvalue weighted by molar-refractivity contribution is 7.89. The lowest BCUT2D eigenvalue weighted by atomic mass is 9.85. The molecule has 238 valence electrons. The van der Waals surface area contributed by atoms with Gasteiger partial charge in [0.1, 0.15) is 11.3 Å². The van der Waals surface area contributed by atoms with E-state index in [9.17, 15) is 17.6 Å². The van der Waals surface area contributed by atoms with E-state index in [0.717, 1.165) is 24.1 Å². The highest BCUT2D eigenvalue weighted by atomic mass is 35.5. The Labute approximate surface area is 270 Å². The van der Waals surface area contributed by atoms with Gasteiger partial charge in [0.05, 0.1) is 26.8 Å². The first-order chi connectivity index (χ1) is 21.5. The number of halogens is 3. The molecule has 3 heterocycles. The number of piperidine rings is 1. The van der Waals surface area contributed by atoms with Crippen molar-refractivity contribution in [1.29, 1.82) is 0 Å². The van der Waals surface area contributed by atoms with E-state index in [0.29, 0.717) is 67.4 Å². The molecule has 45 heavy (non-hydrogen) atoms. The quantitative estimate of drug-likeness (QED) is 0.212. The molecular weight excluding hydrogens is 642 g/mol. The monoisotopic (exact) mass is 674 g/mol. The van der Waals surface area contributed by atoms with Crippen LogP contribution >= 0.6 is 23.2 Å². The number of nitrogens with two attached hydrogens (primary N) is 1. The summed E-state index contributed by atoms with van der Waals surface area (Å²) in [6.07, 6.45) is 5.55. The Balaban J connectivity index is 1.30. The molecule has 2 aromatic carbocycles. The molecule has 1 amide bonds. The second kappa shape index (κ2) is 12.7. The average molecular weight is 676 g/mol. The Morgan fingerprint density at radius 1 is 1.04 bits per heavy atom.